The molecule has 0 aliphatic carbocycles. The Balaban J connectivity index is 1.81. The molecule has 2 heterocycles. The fourth-order valence-corrected chi connectivity index (χ4v) is 4.17. The second-order valence-corrected chi connectivity index (χ2v) is 9.57. The third kappa shape index (κ3) is 4.18. The molecule has 0 unspecified atom stereocenters. The molecular formula is C18H22FN3O4S. The smallest absolute Gasteiger partial charge is 0.335 e. The minimum Gasteiger partial charge on any atom is -0.410 e. The van der Waals surface area contributed by atoms with Gasteiger partial charge in [0, 0.05) is 12.0 Å². The van der Waals surface area contributed by atoms with Crippen LogP contribution in [0, 0.1) is 11.2 Å². The van der Waals surface area contributed by atoms with Crippen molar-refractivity contribution in [2.45, 2.75) is 50.6 Å². The summed E-state index contributed by atoms with van der Waals surface area (Å²) in [4.78, 5) is 14.3. The Bertz CT molecular complexity index is 932. The average Bonchev–Trinajstić information content (AvgIpc) is 3.24. The largest absolute Gasteiger partial charge is 0.410 e. The molecule has 1 fully saturated rings. The van der Waals surface area contributed by atoms with Crippen LogP contribution in [0.25, 0.3) is 0 Å². The number of carbonyl (C=O) groups is 1. The van der Waals surface area contributed by atoms with Gasteiger partial charge >= 0.3 is 5.22 Å². The van der Waals surface area contributed by atoms with Gasteiger partial charge in [-0.15, -0.1) is 5.10 Å². The van der Waals surface area contributed by atoms with E-state index in [-0.39, 0.29) is 17.6 Å². The topological polar surface area (TPSA) is 93.4 Å². The first-order valence-electron chi connectivity index (χ1n) is 8.69. The van der Waals surface area contributed by atoms with Crippen LogP contribution in [0.2, 0.25) is 0 Å². The second kappa shape index (κ2) is 7.03. The molecule has 0 radical (unpaired) electrons. The van der Waals surface area contributed by atoms with Crippen LogP contribution in [-0.4, -0.2) is 36.0 Å². The van der Waals surface area contributed by atoms with Crippen molar-refractivity contribution in [1.82, 2.24) is 15.1 Å². The van der Waals surface area contributed by atoms with Crippen molar-refractivity contribution in [3.8, 4) is 0 Å². The number of hydrogen-bond donors (Lipinski definition) is 0. The Hall–Kier alpha value is -2.29. The summed E-state index contributed by atoms with van der Waals surface area (Å²) in [5, 5.41) is 7.08. The molecule has 0 N–H and O–H groups in total. The van der Waals surface area contributed by atoms with Crippen molar-refractivity contribution in [2.75, 3.05) is 6.54 Å². The predicted molar refractivity (Wildman–Crippen MR) is 94.7 cm³/mol. The molecule has 27 heavy (non-hydrogen) atoms. The molecule has 1 aromatic carbocycles. The Morgan fingerprint density at radius 3 is 2.56 bits per heavy atom. The van der Waals surface area contributed by atoms with E-state index in [9.17, 15) is 17.6 Å². The first kappa shape index (κ1) is 19.5. The van der Waals surface area contributed by atoms with Gasteiger partial charge in [-0.3, -0.25) is 4.79 Å². The molecule has 7 nitrogen and oxygen atoms in total. The highest BCUT2D eigenvalue weighted by Gasteiger charge is 2.39. The van der Waals surface area contributed by atoms with Crippen LogP contribution >= 0.6 is 0 Å². The summed E-state index contributed by atoms with van der Waals surface area (Å²) >= 11 is 0. The Morgan fingerprint density at radius 1 is 1.26 bits per heavy atom. The third-order valence-corrected chi connectivity index (χ3v) is 5.81. The highest BCUT2D eigenvalue weighted by Crippen LogP contribution is 2.35. The van der Waals surface area contributed by atoms with Crippen LogP contribution in [0.15, 0.2) is 33.9 Å². The number of sulfone groups is 1. The predicted octanol–water partition coefficient (Wildman–Crippen LogP) is 2.89. The zero-order valence-electron chi connectivity index (χ0n) is 15.5. The van der Waals surface area contributed by atoms with E-state index in [2.05, 4.69) is 10.2 Å². The minimum absolute atomic E-state index is 0.0427. The van der Waals surface area contributed by atoms with Crippen molar-refractivity contribution in [3.63, 3.8) is 0 Å². The van der Waals surface area contributed by atoms with Crippen LogP contribution in [-0.2, 0) is 20.4 Å². The Kier molecular flexibility index (Phi) is 5.07. The molecule has 1 amide bonds. The second-order valence-electron chi connectivity index (χ2n) is 7.70. The lowest BCUT2D eigenvalue weighted by atomic mass is 9.94. The molecule has 0 saturated carbocycles. The molecule has 9 heteroatoms. The summed E-state index contributed by atoms with van der Waals surface area (Å²) in [5.74, 6) is -0.729. The lowest BCUT2D eigenvalue weighted by Crippen LogP contribution is -2.39. The number of amides is 1. The lowest BCUT2D eigenvalue weighted by molar-refractivity contribution is -0.140. The minimum atomic E-state index is -3.87. The van der Waals surface area contributed by atoms with E-state index in [1.165, 1.54) is 24.3 Å². The van der Waals surface area contributed by atoms with E-state index in [0.29, 0.717) is 18.5 Å². The van der Waals surface area contributed by atoms with Crippen LogP contribution < -0.4 is 0 Å². The molecule has 1 atom stereocenters. The van der Waals surface area contributed by atoms with E-state index in [4.69, 9.17) is 4.42 Å². The first-order chi connectivity index (χ1) is 12.6. The summed E-state index contributed by atoms with van der Waals surface area (Å²) in [7, 11) is -3.87. The maximum atomic E-state index is 13.0. The van der Waals surface area contributed by atoms with Crippen molar-refractivity contribution >= 4 is 15.7 Å². The molecule has 1 aliphatic heterocycles. The zero-order valence-corrected chi connectivity index (χ0v) is 16.3. The van der Waals surface area contributed by atoms with Gasteiger partial charge in [-0.25, -0.2) is 12.8 Å². The number of likely N-dealkylation sites (tertiary alicyclic amines) is 1. The highest BCUT2D eigenvalue weighted by atomic mass is 32.2. The molecule has 3 rings (SSSR count). The number of hydrogen-bond acceptors (Lipinski definition) is 6. The van der Waals surface area contributed by atoms with Crippen molar-refractivity contribution in [2.24, 2.45) is 5.41 Å². The van der Waals surface area contributed by atoms with Crippen molar-refractivity contribution < 1.29 is 22.0 Å². The summed E-state index contributed by atoms with van der Waals surface area (Å²) in [6, 6.07) is 4.76. The molecule has 1 saturated heterocycles. The van der Waals surface area contributed by atoms with Gasteiger partial charge in [0.15, 0.2) is 0 Å². The SMILES string of the molecule is CC(C)(C)C(=O)N1CCC[C@H]1c1nnc(S(=O)(=O)Cc2ccc(F)cc2)o1. The summed E-state index contributed by atoms with van der Waals surface area (Å²) in [6.45, 7) is 6.06. The third-order valence-electron chi connectivity index (χ3n) is 4.40. The van der Waals surface area contributed by atoms with E-state index < -0.39 is 32.3 Å². The van der Waals surface area contributed by atoms with Gasteiger partial charge in [-0.1, -0.05) is 38.0 Å². The Labute approximate surface area is 157 Å². The number of benzene rings is 1. The molecule has 0 spiro atoms. The summed E-state index contributed by atoms with van der Waals surface area (Å²) < 4.78 is 43.5. The first-order valence-corrected chi connectivity index (χ1v) is 10.3. The molecule has 2 aromatic rings. The zero-order chi connectivity index (χ0) is 19.8. The molecule has 0 bridgehead atoms. The van der Waals surface area contributed by atoms with E-state index in [1.54, 1.807) is 4.90 Å². The van der Waals surface area contributed by atoms with Gasteiger partial charge in [0.2, 0.25) is 21.6 Å². The number of aromatic nitrogens is 2. The van der Waals surface area contributed by atoms with Crippen LogP contribution in [0.3, 0.4) is 0 Å². The maximum absolute atomic E-state index is 13.0. The molecule has 1 aliphatic rings. The Morgan fingerprint density at radius 2 is 1.93 bits per heavy atom. The van der Waals surface area contributed by atoms with Gasteiger partial charge in [0.05, 0.1) is 5.75 Å². The van der Waals surface area contributed by atoms with Crippen LogP contribution in [0.5, 0.6) is 0 Å². The van der Waals surface area contributed by atoms with Gasteiger partial charge in [0.1, 0.15) is 11.9 Å². The molecule has 1 aromatic heterocycles. The van der Waals surface area contributed by atoms with Gasteiger partial charge in [-0.05, 0) is 30.5 Å². The van der Waals surface area contributed by atoms with Gasteiger partial charge < -0.3 is 9.32 Å². The standard InChI is InChI=1S/C18H22FN3O4S/c1-18(2,3)16(23)22-10-4-5-14(22)15-20-21-17(26-15)27(24,25)11-12-6-8-13(19)9-7-12/h6-9,14H,4-5,10-11H2,1-3H3/t14-/m0/s1. The normalized spacial score (nSPS) is 18.1. The van der Waals surface area contributed by atoms with Gasteiger partial charge in [-0.2, -0.15) is 0 Å². The molecule has 146 valence electrons. The number of carbonyl (C=O) groups excluding carboxylic acids is 1. The van der Waals surface area contributed by atoms with Crippen molar-refractivity contribution in [3.05, 3.63) is 41.5 Å². The van der Waals surface area contributed by atoms with Gasteiger partial charge in [0.25, 0.3) is 0 Å². The van der Waals surface area contributed by atoms with Crippen molar-refractivity contribution in [1.29, 1.82) is 0 Å². The monoisotopic (exact) mass is 395 g/mol. The summed E-state index contributed by atoms with van der Waals surface area (Å²) in [5.41, 5.74) is -0.137. The fourth-order valence-electron chi connectivity index (χ4n) is 3.04. The number of halogens is 1. The number of rotatable bonds is 4. The summed E-state index contributed by atoms with van der Waals surface area (Å²) in [6.07, 6.45) is 1.42. The quantitative estimate of drug-likeness (QED) is 0.790. The van der Waals surface area contributed by atoms with E-state index in [1.807, 2.05) is 20.8 Å². The van der Waals surface area contributed by atoms with Crippen LogP contribution in [0.1, 0.15) is 51.1 Å². The number of nitrogens with zero attached hydrogens (tertiary/aromatic N) is 3. The fraction of sp³-hybridized carbons (Fsp3) is 0.500. The van der Waals surface area contributed by atoms with E-state index in [0.717, 1.165) is 6.42 Å². The maximum Gasteiger partial charge on any atom is 0.335 e. The highest BCUT2D eigenvalue weighted by molar-refractivity contribution is 7.90. The average molecular weight is 395 g/mol. The van der Waals surface area contributed by atoms with Crippen LogP contribution in [0.4, 0.5) is 4.39 Å². The van der Waals surface area contributed by atoms with E-state index >= 15 is 0 Å². The lowest BCUT2D eigenvalue weighted by Gasteiger charge is -2.29. The molecular weight excluding hydrogens is 373 g/mol.